The highest BCUT2D eigenvalue weighted by Crippen LogP contribution is 2.25. The van der Waals surface area contributed by atoms with E-state index in [0.717, 1.165) is 38.0 Å². The van der Waals surface area contributed by atoms with Crippen LogP contribution in [-0.4, -0.2) is 35.8 Å². The van der Waals surface area contributed by atoms with E-state index in [0.29, 0.717) is 0 Å². The van der Waals surface area contributed by atoms with Gasteiger partial charge in [-0.1, -0.05) is 60.7 Å². The van der Waals surface area contributed by atoms with Crippen molar-refractivity contribution in [3.05, 3.63) is 71.8 Å². The molecule has 1 saturated heterocycles. The molecule has 3 nitrogen and oxygen atoms in total. The lowest BCUT2D eigenvalue weighted by Gasteiger charge is -2.31. The van der Waals surface area contributed by atoms with Gasteiger partial charge in [0, 0.05) is 19.6 Å². The van der Waals surface area contributed by atoms with Crippen molar-refractivity contribution in [2.45, 2.75) is 25.4 Å². The van der Waals surface area contributed by atoms with Gasteiger partial charge in [0.25, 0.3) is 0 Å². The number of carbonyl (C=O) groups is 1. The van der Waals surface area contributed by atoms with Gasteiger partial charge >= 0.3 is 0 Å². The summed E-state index contributed by atoms with van der Waals surface area (Å²) in [7, 11) is 2.04. The van der Waals surface area contributed by atoms with Crippen LogP contribution in [0.25, 0.3) is 0 Å². The second-order valence-corrected chi connectivity index (χ2v) is 6.25. The molecule has 1 fully saturated rings. The summed E-state index contributed by atoms with van der Waals surface area (Å²) in [6.07, 6.45) is 2.24. The Balaban J connectivity index is 1.83. The van der Waals surface area contributed by atoms with Gasteiger partial charge in [-0.25, -0.2) is 0 Å². The summed E-state index contributed by atoms with van der Waals surface area (Å²) in [6.45, 7) is 2.54. The summed E-state index contributed by atoms with van der Waals surface area (Å²) in [5.74, 6) is 0.229. The van der Waals surface area contributed by atoms with Gasteiger partial charge in [0.15, 0.2) is 0 Å². The molecule has 3 heteroatoms. The highest BCUT2D eigenvalue weighted by molar-refractivity contribution is 5.83. The van der Waals surface area contributed by atoms with E-state index in [2.05, 4.69) is 29.2 Å². The van der Waals surface area contributed by atoms with Crippen LogP contribution in [0.1, 0.15) is 30.0 Å². The maximum absolute atomic E-state index is 13.1. The average Bonchev–Trinajstić information content (AvgIpc) is 3.11. The molecule has 2 aromatic carbocycles. The standard InChI is InChI=1S/C20H24N2O/c1-21(16-17-10-4-2-5-11-17)19(18-12-6-3-7-13-18)20(23)22-14-8-9-15-22/h2-7,10-13,19H,8-9,14-16H2,1H3. The smallest absolute Gasteiger partial charge is 0.244 e. The third-order valence-electron chi connectivity index (χ3n) is 4.48. The lowest BCUT2D eigenvalue weighted by molar-refractivity contribution is -0.136. The van der Waals surface area contributed by atoms with Gasteiger partial charge in [-0.3, -0.25) is 9.69 Å². The van der Waals surface area contributed by atoms with Crippen LogP contribution in [0.15, 0.2) is 60.7 Å². The molecule has 1 unspecified atom stereocenters. The molecular formula is C20H24N2O. The zero-order valence-corrected chi connectivity index (χ0v) is 13.7. The predicted octanol–water partition coefficient (Wildman–Crippen LogP) is 3.48. The fourth-order valence-electron chi connectivity index (χ4n) is 3.29. The van der Waals surface area contributed by atoms with E-state index in [4.69, 9.17) is 0 Å². The first-order chi connectivity index (χ1) is 11.3. The van der Waals surface area contributed by atoms with Crippen molar-refractivity contribution in [2.75, 3.05) is 20.1 Å². The second kappa shape index (κ2) is 7.42. The van der Waals surface area contributed by atoms with Gasteiger partial charge in [0.1, 0.15) is 6.04 Å². The average molecular weight is 308 g/mol. The molecule has 0 spiro atoms. The number of hydrogen-bond acceptors (Lipinski definition) is 2. The molecule has 1 aliphatic heterocycles. The Kier molecular flexibility index (Phi) is 5.09. The Hall–Kier alpha value is -2.13. The van der Waals surface area contributed by atoms with E-state index in [1.165, 1.54) is 5.56 Å². The van der Waals surface area contributed by atoms with E-state index >= 15 is 0 Å². The first kappa shape index (κ1) is 15.8. The summed E-state index contributed by atoms with van der Waals surface area (Å²) in [5.41, 5.74) is 2.30. The molecule has 2 aromatic rings. The molecule has 1 heterocycles. The SMILES string of the molecule is CN(Cc1ccccc1)C(C(=O)N1CCCC1)c1ccccc1. The summed E-state index contributed by atoms with van der Waals surface area (Å²) in [4.78, 5) is 17.2. The van der Waals surface area contributed by atoms with E-state index < -0.39 is 0 Å². The lowest BCUT2D eigenvalue weighted by atomic mass is 10.0. The normalized spacial score (nSPS) is 15.8. The van der Waals surface area contributed by atoms with Crippen LogP contribution in [-0.2, 0) is 11.3 Å². The number of hydrogen-bond donors (Lipinski definition) is 0. The molecule has 0 bridgehead atoms. The third-order valence-corrected chi connectivity index (χ3v) is 4.48. The van der Waals surface area contributed by atoms with Crippen molar-refractivity contribution >= 4 is 5.91 Å². The third kappa shape index (κ3) is 3.80. The number of benzene rings is 2. The van der Waals surface area contributed by atoms with Crippen LogP contribution in [0.4, 0.5) is 0 Å². The fourth-order valence-corrected chi connectivity index (χ4v) is 3.29. The molecule has 3 rings (SSSR count). The molecule has 1 aliphatic rings. The van der Waals surface area contributed by atoms with Crippen molar-refractivity contribution in [3.8, 4) is 0 Å². The molecule has 0 aliphatic carbocycles. The number of nitrogens with zero attached hydrogens (tertiary/aromatic N) is 2. The number of carbonyl (C=O) groups excluding carboxylic acids is 1. The van der Waals surface area contributed by atoms with Crippen LogP contribution in [0.5, 0.6) is 0 Å². The largest absolute Gasteiger partial charge is 0.341 e. The fraction of sp³-hybridized carbons (Fsp3) is 0.350. The van der Waals surface area contributed by atoms with Gasteiger partial charge < -0.3 is 4.90 Å². The highest BCUT2D eigenvalue weighted by Gasteiger charge is 2.30. The zero-order chi connectivity index (χ0) is 16.1. The first-order valence-electron chi connectivity index (χ1n) is 8.33. The van der Waals surface area contributed by atoms with Crippen molar-refractivity contribution < 1.29 is 4.79 Å². The summed E-state index contributed by atoms with van der Waals surface area (Å²) in [5, 5.41) is 0. The number of rotatable bonds is 5. The van der Waals surface area contributed by atoms with Gasteiger partial charge in [-0.2, -0.15) is 0 Å². The van der Waals surface area contributed by atoms with Crippen molar-refractivity contribution in [1.82, 2.24) is 9.80 Å². The van der Waals surface area contributed by atoms with E-state index in [-0.39, 0.29) is 11.9 Å². The van der Waals surface area contributed by atoms with Gasteiger partial charge in [0.2, 0.25) is 5.91 Å². The van der Waals surface area contributed by atoms with Crippen molar-refractivity contribution in [1.29, 1.82) is 0 Å². The number of likely N-dealkylation sites (N-methyl/N-ethyl adjacent to an activating group) is 1. The second-order valence-electron chi connectivity index (χ2n) is 6.25. The highest BCUT2D eigenvalue weighted by atomic mass is 16.2. The number of amides is 1. The van der Waals surface area contributed by atoms with E-state index in [1.807, 2.05) is 48.3 Å². The first-order valence-corrected chi connectivity index (χ1v) is 8.33. The van der Waals surface area contributed by atoms with Crippen molar-refractivity contribution in [2.24, 2.45) is 0 Å². The Bertz CT molecular complexity index is 621. The number of likely N-dealkylation sites (tertiary alicyclic amines) is 1. The minimum Gasteiger partial charge on any atom is -0.341 e. The molecule has 0 aromatic heterocycles. The molecular weight excluding hydrogens is 284 g/mol. The van der Waals surface area contributed by atoms with Crippen molar-refractivity contribution in [3.63, 3.8) is 0 Å². The van der Waals surface area contributed by atoms with Crippen LogP contribution < -0.4 is 0 Å². The lowest BCUT2D eigenvalue weighted by Crippen LogP contribution is -2.40. The van der Waals surface area contributed by atoms with Crippen LogP contribution in [0, 0.1) is 0 Å². The Morgan fingerprint density at radius 3 is 2.17 bits per heavy atom. The monoisotopic (exact) mass is 308 g/mol. The molecule has 1 atom stereocenters. The van der Waals surface area contributed by atoms with Crippen LogP contribution in [0.3, 0.4) is 0 Å². The summed E-state index contributed by atoms with van der Waals surface area (Å²) < 4.78 is 0. The minimum atomic E-state index is -0.213. The predicted molar refractivity (Wildman–Crippen MR) is 92.9 cm³/mol. The minimum absolute atomic E-state index is 0.213. The van der Waals surface area contributed by atoms with Gasteiger partial charge in [0.05, 0.1) is 0 Å². The quantitative estimate of drug-likeness (QED) is 0.844. The van der Waals surface area contributed by atoms with Gasteiger partial charge in [-0.15, -0.1) is 0 Å². The maximum Gasteiger partial charge on any atom is 0.244 e. The molecule has 120 valence electrons. The Morgan fingerprint density at radius 1 is 1.00 bits per heavy atom. The molecule has 0 N–H and O–H groups in total. The van der Waals surface area contributed by atoms with E-state index in [9.17, 15) is 4.79 Å². The summed E-state index contributed by atoms with van der Waals surface area (Å²) in [6, 6.07) is 20.2. The Morgan fingerprint density at radius 2 is 1.57 bits per heavy atom. The molecule has 23 heavy (non-hydrogen) atoms. The zero-order valence-electron chi connectivity index (χ0n) is 13.7. The topological polar surface area (TPSA) is 23.6 Å². The Labute approximate surface area is 138 Å². The van der Waals surface area contributed by atoms with E-state index in [1.54, 1.807) is 0 Å². The molecule has 1 amide bonds. The molecule has 0 radical (unpaired) electrons. The maximum atomic E-state index is 13.1. The van der Waals surface area contributed by atoms with Crippen LogP contribution >= 0.6 is 0 Å². The van der Waals surface area contributed by atoms with Crippen LogP contribution in [0.2, 0.25) is 0 Å². The summed E-state index contributed by atoms with van der Waals surface area (Å²) >= 11 is 0. The van der Waals surface area contributed by atoms with Gasteiger partial charge in [-0.05, 0) is 31.0 Å². The molecule has 0 saturated carbocycles.